The molecule has 0 unspecified atom stereocenters. The number of aromatic carboxylic acids is 1. The van der Waals surface area contributed by atoms with Crippen LogP contribution in [-0.4, -0.2) is 30.1 Å². The molecular formula is C15H20N2O3. The van der Waals surface area contributed by atoms with Crippen LogP contribution in [0, 0.1) is 12.8 Å². The molecule has 108 valence electrons. The second kappa shape index (κ2) is 6.52. The lowest BCUT2D eigenvalue weighted by molar-refractivity contribution is -0.117. The minimum atomic E-state index is -0.987. The quantitative estimate of drug-likeness (QED) is 0.786. The van der Waals surface area contributed by atoms with E-state index < -0.39 is 5.97 Å². The summed E-state index contributed by atoms with van der Waals surface area (Å²) in [6, 6.07) is 4.77. The highest BCUT2D eigenvalue weighted by molar-refractivity contribution is 5.94. The molecule has 0 spiro atoms. The number of carboxylic acids is 1. The lowest BCUT2D eigenvalue weighted by Crippen LogP contribution is -2.30. The summed E-state index contributed by atoms with van der Waals surface area (Å²) in [6.07, 6.45) is 2.53. The molecule has 0 radical (unpaired) electrons. The van der Waals surface area contributed by atoms with Crippen LogP contribution in [0.5, 0.6) is 0 Å². The molecule has 0 aromatic heterocycles. The van der Waals surface area contributed by atoms with Crippen molar-refractivity contribution in [2.24, 2.45) is 5.92 Å². The zero-order valence-corrected chi connectivity index (χ0v) is 11.6. The van der Waals surface area contributed by atoms with Crippen molar-refractivity contribution in [3.8, 4) is 0 Å². The van der Waals surface area contributed by atoms with E-state index in [1.807, 2.05) is 6.92 Å². The molecule has 1 heterocycles. The van der Waals surface area contributed by atoms with Gasteiger partial charge in [-0.15, -0.1) is 0 Å². The number of benzene rings is 1. The molecule has 5 heteroatoms. The molecule has 0 atom stereocenters. The molecule has 1 amide bonds. The highest BCUT2D eigenvalue weighted by Crippen LogP contribution is 2.20. The summed E-state index contributed by atoms with van der Waals surface area (Å²) in [6.45, 7) is 3.78. The Balaban J connectivity index is 1.99. The van der Waals surface area contributed by atoms with Crippen molar-refractivity contribution >= 4 is 17.6 Å². The monoisotopic (exact) mass is 276 g/mol. The van der Waals surface area contributed by atoms with Gasteiger partial charge in [0.1, 0.15) is 0 Å². The Labute approximate surface area is 118 Å². The highest BCUT2D eigenvalue weighted by Gasteiger charge is 2.17. The number of amides is 1. The van der Waals surface area contributed by atoms with Gasteiger partial charge in [0.05, 0.1) is 5.56 Å². The minimum Gasteiger partial charge on any atom is -0.478 e. The number of carboxylic acid groups (broad SMARTS) is 1. The number of hydrogen-bond acceptors (Lipinski definition) is 3. The highest BCUT2D eigenvalue weighted by atomic mass is 16.4. The molecule has 0 aliphatic carbocycles. The van der Waals surface area contributed by atoms with Crippen LogP contribution in [0.25, 0.3) is 0 Å². The van der Waals surface area contributed by atoms with Crippen molar-refractivity contribution in [1.82, 2.24) is 5.32 Å². The van der Waals surface area contributed by atoms with Crippen LogP contribution in [-0.2, 0) is 4.79 Å². The maximum absolute atomic E-state index is 12.0. The van der Waals surface area contributed by atoms with Gasteiger partial charge in [-0.05, 0) is 56.5 Å². The van der Waals surface area contributed by atoms with Crippen molar-refractivity contribution in [1.29, 1.82) is 0 Å². The first kappa shape index (κ1) is 14.5. The lowest BCUT2D eigenvalue weighted by Gasteiger charge is -2.22. The Kier molecular flexibility index (Phi) is 4.74. The number of nitrogens with one attached hydrogen (secondary N) is 2. The fourth-order valence-corrected chi connectivity index (χ4v) is 2.44. The Morgan fingerprint density at radius 1 is 1.35 bits per heavy atom. The molecule has 1 aromatic rings. The average molecular weight is 276 g/mol. The van der Waals surface area contributed by atoms with Gasteiger partial charge in [0.15, 0.2) is 0 Å². The Morgan fingerprint density at radius 3 is 2.70 bits per heavy atom. The molecule has 1 fully saturated rings. The molecule has 0 saturated carbocycles. The van der Waals surface area contributed by atoms with Crippen molar-refractivity contribution in [3.05, 3.63) is 29.3 Å². The fraction of sp³-hybridized carbons (Fsp3) is 0.467. The normalized spacial score (nSPS) is 15.8. The van der Waals surface area contributed by atoms with Gasteiger partial charge >= 0.3 is 5.97 Å². The van der Waals surface area contributed by atoms with Gasteiger partial charge < -0.3 is 15.7 Å². The van der Waals surface area contributed by atoms with Crippen LogP contribution < -0.4 is 10.6 Å². The molecule has 1 aliphatic rings. The molecule has 3 N–H and O–H groups in total. The van der Waals surface area contributed by atoms with Gasteiger partial charge in [0, 0.05) is 12.1 Å². The molecule has 0 bridgehead atoms. The summed E-state index contributed by atoms with van der Waals surface area (Å²) >= 11 is 0. The van der Waals surface area contributed by atoms with Gasteiger partial charge in [-0.3, -0.25) is 4.79 Å². The van der Waals surface area contributed by atoms with Crippen molar-refractivity contribution in [2.75, 3.05) is 18.4 Å². The van der Waals surface area contributed by atoms with Crippen LogP contribution in [0.15, 0.2) is 18.2 Å². The number of rotatable bonds is 4. The van der Waals surface area contributed by atoms with Crippen LogP contribution in [0.1, 0.15) is 35.2 Å². The topological polar surface area (TPSA) is 78.4 Å². The fourth-order valence-electron chi connectivity index (χ4n) is 2.44. The van der Waals surface area contributed by atoms with E-state index in [4.69, 9.17) is 5.11 Å². The van der Waals surface area contributed by atoms with Gasteiger partial charge in [0.2, 0.25) is 5.91 Å². The number of aryl methyl sites for hydroxylation is 1. The Hall–Kier alpha value is -1.88. The summed E-state index contributed by atoms with van der Waals surface area (Å²) in [7, 11) is 0. The largest absolute Gasteiger partial charge is 0.478 e. The van der Waals surface area contributed by atoms with E-state index in [1.54, 1.807) is 12.1 Å². The molecule has 2 rings (SSSR count). The van der Waals surface area contributed by atoms with Crippen LogP contribution in [0.4, 0.5) is 5.69 Å². The van der Waals surface area contributed by atoms with Gasteiger partial charge in [0.25, 0.3) is 0 Å². The third-order valence-corrected chi connectivity index (χ3v) is 3.69. The second-order valence-corrected chi connectivity index (χ2v) is 5.28. The van der Waals surface area contributed by atoms with Crippen molar-refractivity contribution in [3.63, 3.8) is 0 Å². The lowest BCUT2D eigenvalue weighted by atomic mass is 9.94. The second-order valence-electron chi connectivity index (χ2n) is 5.28. The summed E-state index contributed by atoms with van der Waals surface area (Å²) in [5.74, 6) is -0.611. The first-order valence-electron chi connectivity index (χ1n) is 6.91. The Morgan fingerprint density at radius 2 is 2.05 bits per heavy atom. The van der Waals surface area contributed by atoms with Gasteiger partial charge in [-0.25, -0.2) is 4.79 Å². The maximum Gasteiger partial charge on any atom is 0.335 e. The summed E-state index contributed by atoms with van der Waals surface area (Å²) in [5.41, 5.74) is 1.64. The number of hydrogen-bond donors (Lipinski definition) is 3. The summed E-state index contributed by atoms with van der Waals surface area (Å²) in [5, 5.41) is 15.1. The summed E-state index contributed by atoms with van der Waals surface area (Å²) in [4.78, 5) is 23.0. The standard InChI is InChI=1S/C15H20N2O3/c1-10-2-3-12(15(19)20)9-13(10)17-14(18)8-11-4-6-16-7-5-11/h2-3,9,11,16H,4-8H2,1H3,(H,17,18)(H,19,20). The first-order valence-corrected chi connectivity index (χ1v) is 6.91. The van der Waals surface area contributed by atoms with E-state index in [0.29, 0.717) is 18.0 Å². The molecule has 1 aliphatic heterocycles. The van der Waals surface area contributed by atoms with Crippen molar-refractivity contribution < 1.29 is 14.7 Å². The third kappa shape index (κ3) is 3.81. The molecule has 5 nitrogen and oxygen atoms in total. The van der Waals surface area contributed by atoms with E-state index >= 15 is 0 Å². The summed E-state index contributed by atoms with van der Waals surface area (Å²) < 4.78 is 0. The predicted octanol–water partition coefficient (Wildman–Crippen LogP) is 2.02. The van der Waals surface area contributed by atoms with Gasteiger partial charge in [-0.1, -0.05) is 6.07 Å². The number of piperidine rings is 1. The molecular weight excluding hydrogens is 256 g/mol. The molecule has 1 aromatic carbocycles. The number of anilines is 1. The predicted molar refractivity (Wildman–Crippen MR) is 77.0 cm³/mol. The maximum atomic E-state index is 12.0. The molecule has 1 saturated heterocycles. The zero-order chi connectivity index (χ0) is 14.5. The van der Waals surface area contributed by atoms with Crippen LogP contribution >= 0.6 is 0 Å². The smallest absolute Gasteiger partial charge is 0.335 e. The van der Waals surface area contributed by atoms with Crippen LogP contribution in [0.2, 0.25) is 0 Å². The van der Waals surface area contributed by atoms with E-state index in [9.17, 15) is 9.59 Å². The number of carbonyl (C=O) groups is 2. The van der Waals surface area contributed by atoms with Crippen molar-refractivity contribution in [2.45, 2.75) is 26.2 Å². The Bertz CT molecular complexity index is 508. The third-order valence-electron chi connectivity index (χ3n) is 3.69. The zero-order valence-electron chi connectivity index (χ0n) is 11.6. The van der Waals surface area contributed by atoms with E-state index in [2.05, 4.69) is 10.6 Å². The SMILES string of the molecule is Cc1ccc(C(=O)O)cc1NC(=O)CC1CCNCC1. The van der Waals surface area contributed by atoms with Gasteiger partial charge in [-0.2, -0.15) is 0 Å². The van der Waals surface area contributed by atoms with E-state index in [0.717, 1.165) is 31.5 Å². The van der Waals surface area contributed by atoms with E-state index in [-0.39, 0.29) is 11.5 Å². The van der Waals surface area contributed by atoms with Crippen LogP contribution in [0.3, 0.4) is 0 Å². The number of carbonyl (C=O) groups excluding carboxylic acids is 1. The first-order chi connectivity index (χ1) is 9.56. The minimum absolute atomic E-state index is 0.0393. The molecule has 20 heavy (non-hydrogen) atoms. The average Bonchev–Trinajstić information content (AvgIpc) is 2.42. The van der Waals surface area contributed by atoms with E-state index in [1.165, 1.54) is 6.07 Å².